The molecular formula is C18H18FN3OS. The highest BCUT2D eigenvalue weighted by Crippen LogP contribution is 2.18. The van der Waals surface area contributed by atoms with Crippen molar-refractivity contribution in [2.75, 3.05) is 6.54 Å². The molecule has 6 heteroatoms. The standard InChI is InChI=1S/C18H18FN3OS/c1-12-17(18(23)20-10-9-16-4-3-11-24-16)13(2)22(21-12)15-7-5-14(19)6-8-15/h3-8,11H,9-10H2,1-2H3,(H,20,23). The van der Waals surface area contributed by atoms with Crippen LogP contribution in [0, 0.1) is 19.7 Å². The lowest BCUT2D eigenvalue weighted by molar-refractivity contribution is 0.0953. The molecule has 0 bridgehead atoms. The van der Waals surface area contributed by atoms with Gasteiger partial charge in [-0.3, -0.25) is 4.79 Å². The monoisotopic (exact) mass is 343 g/mol. The smallest absolute Gasteiger partial charge is 0.255 e. The summed E-state index contributed by atoms with van der Waals surface area (Å²) in [4.78, 5) is 13.7. The Hall–Kier alpha value is -2.47. The van der Waals surface area contributed by atoms with E-state index >= 15 is 0 Å². The van der Waals surface area contributed by atoms with Gasteiger partial charge in [0.15, 0.2) is 0 Å². The largest absolute Gasteiger partial charge is 0.352 e. The number of aromatic nitrogens is 2. The van der Waals surface area contributed by atoms with Crippen LogP contribution in [0.15, 0.2) is 41.8 Å². The Balaban J connectivity index is 1.75. The summed E-state index contributed by atoms with van der Waals surface area (Å²) in [5.74, 6) is -0.429. The molecule has 0 fully saturated rings. The quantitative estimate of drug-likeness (QED) is 0.768. The second kappa shape index (κ2) is 6.97. The lowest BCUT2D eigenvalue weighted by atomic mass is 10.2. The SMILES string of the molecule is Cc1nn(-c2ccc(F)cc2)c(C)c1C(=O)NCCc1cccs1. The molecule has 2 aromatic heterocycles. The highest BCUT2D eigenvalue weighted by Gasteiger charge is 2.19. The van der Waals surface area contributed by atoms with E-state index in [1.807, 2.05) is 18.4 Å². The summed E-state index contributed by atoms with van der Waals surface area (Å²) in [5, 5.41) is 9.40. The second-order valence-electron chi connectivity index (χ2n) is 5.52. The van der Waals surface area contributed by atoms with Crippen LogP contribution in [-0.2, 0) is 6.42 Å². The van der Waals surface area contributed by atoms with Crippen molar-refractivity contribution >= 4 is 17.2 Å². The minimum absolute atomic E-state index is 0.130. The van der Waals surface area contributed by atoms with Gasteiger partial charge in [-0.15, -0.1) is 11.3 Å². The maximum atomic E-state index is 13.1. The molecule has 2 heterocycles. The van der Waals surface area contributed by atoms with E-state index in [1.54, 1.807) is 35.1 Å². The molecule has 3 rings (SSSR count). The van der Waals surface area contributed by atoms with Crippen LogP contribution in [0.2, 0.25) is 0 Å². The molecule has 0 spiro atoms. The Labute approximate surface area is 143 Å². The third-order valence-electron chi connectivity index (χ3n) is 3.83. The zero-order chi connectivity index (χ0) is 17.1. The minimum atomic E-state index is -0.299. The maximum Gasteiger partial charge on any atom is 0.255 e. The normalized spacial score (nSPS) is 10.8. The van der Waals surface area contributed by atoms with Gasteiger partial charge in [-0.25, -0.2) is 9.07 Å². The van der Waals surface area contributed by atoms with E-state index in [0.29, 0.717) is 17.8 Å². The fourth-order valence-corrected chi connectivity index (χ4v) is 3.36. The molecule has 1 N–H and O–H groups in total. The third-order valence-corrected chi connectivity index (χ3v) is 4.76. The first-order valence-electron chi connectivity index (χ1n) is 7.69. The molecule has 0 aliphatic carbocycles. The molecule has 3 aromatic rings. The molecular weight excluding hydrogens is 325 g/mol. The summed E-state index contributed by atoms with van der Waals surface area (Å²) in [6, 6.07) is 10.1. The lowest BCUT2D eigenvalue weighted by Crippen LogP contribution is -2.26. The second-order valence-corrected chi connectivity index (χ2v) is 6.55. The van der Waals surface area contributed by atoms with Gasteiger partial charge in [0.25, 0.3) is 5.91 Å². The summed E-state index contributed by atoms with van der Waals surface area (Å²) in [5.41, 5.74) is 2.71. The van der Waals surface area contributed by atoms with Gasteiger partial charge >= 0.3 is 0 Å². The number of aryl methyl sites for hydroxylation is 1. The number of carbonyl (C=O) groups excluding carboxylic acids is 1. The molecule has 0 aliphatic heterocycles. The summed E-state index contributed by atoms with van der Waals surface area (Å²) in [6.07, 6.45) is 0.813. The Morgan fingerprint density at radius 2 is 2.00 bits per heavy atom. The maximum absolute atomic E-state index is 13.1. The molecule has 0 atom stereocenters. The van der Waals surface area contributed by atoms with E-state index in [0.717, 1.165) is 17.8 Å². The van der Waals surface area contributed by atoms with E-state index in [2.05, 4.69) is 16.5 Å². The van der Waals surface area contributed by atoms with Crippen molar-refractivity contribution in [1.29, 1.82) is 0 Å². The van der Waals surface area contributed by atoms with E-state index in [4.69, 9.17) is 0 Å². The van der Waals surface area contributed by atoms with Crippen LogP contribution in [0.5, 0.6) is 0 Å². The van der Waals surface area contributed by atoms with Gasteiger partial charge in [0.05, 0.1) is 22.6 Å². The molecule has 124 valence electrons. The Morgan fingerprint density at radius 1 is 1.25 bits per heavy atom. The van der Waals surface area contributed by atoms with Gasteiger partial charge in [0.1, 0.15) is 5.82 Å². The fourth-order valence-electron chi connectivity index (χ4n) is 2.65. The van der Waals surface area contributed by atoms with Crippen LogP contribution in [0.3, 0.4) is 0 Å². The highest BCUT2D eigenvalue weighted by molar-refractivity contribution is 7.09. The number of carbonyl (C=O) groups is 1. The number of thiophene rings is 1. The van der Waals surface area contributed by atoms with Crippen molar-refractivity contribution < 1.29 is 9.18 Å². The van der Waals surface area contributed by atoms with Gasteiger partial charge in [0, 0.05) is 11.4 Å². The Bertz CT molecular complexity index is 838. The summed E-state index contributed by atoms with van der Waals surface area (Å²) in [6.45, 7) is 4.23. The zero-order valence-electron chi connectivity index (χ0n) is 13.5. The lowest BCUT2D eigenvalue weighted by Gasteiger charge is -2.06. The van der Waals surface area contributed by atoms with Gasteiger partial charge in [0.2, 0.25) is 0 Å². The molecule has 24 heavy (non-hydrogen) atoms. The fraction of sp³-hybridized carbons (Fsp3) is 0.222. The minimum Gasteiger partial charge on any atom is -0.352 e. The third kappa shape index (κ3) is 3.38. The van der Waals surface area contributed by atoms with Gasteiger partial charge in [-0.2, -0.15) is 5.10 Å². The van der Waals surface area contributed by atoms with Crippen LogP contribution in [0.1, 0.15) is 26.6 Å². The number of amides is 1. The van der Waals surface area contributed by atoms with Crippen molar-refractivity contribution in [3.8, 4) is 5.69 Å². The molecule has 0 radical (unpaired) electrons. The molecule has 0 saturated carbocycles. The van der Waals surface area contributed by atoms with Crippen LogP contribution < -0.4 is 5.32 Å². The van der Waals surface area contributed by atoms with Crippen LogP contribution in [0.25, 0.3) is 5.69 Å². The number of halogens is 1. The number of nitrogens with one attached hydrogen (secondary N) is 1. The van der Waals surface area contributed by atoms with Crippen molar-refractivity contribution in [3.63, 3.8) is 0 Å². The van der Waals surface area contributed by atoms with Gasteiger partial charge in [-0.05, 0) is 56.0 Å². The first-order valence-corrected chi connectivity index (χ1v) is 8.57. The Kier molecular flexibility index (Phi) is 4.76. The van der Waals surface area contributed by atoms with Crippen molar-refractivity contribution in [1.82, 2.24) is 15.1 Å². The predicted octanol–water partition coefficient (Wildman–Crippen LogP) is 3.66. The van der Waals surface area contributed by atoms with E-state index < -0.39 is 0 Å². The predicted molar refractivity (Wildman–Crippen MR) is 93.4 cm³/mol. The first-order chi connectivity index (χ1) is 11.6. The molecule has 4 nitrogen and oxygen atoms in total. The molecule has 1 amide bonds. The van der Waals surface area contributed by atoms with Crippen LogP contribution in [0.4, 0.5) is 4.39 Å². The number of hydrogen-bond acceptors (Lipinski definition) is 3. The number of hydrogen-bond donors (Lipinski definition) is 1. The highest BCUT2D eigenvalue weighted by atomic mass is 32.1. The zero-order valence-corrected chi connectivity index (χ0v) is 14.4. The molecule has 0 saturated heterocycles. The van der Waals surface area contributed by atoms with Gasteiger partial charge < -0.3 is 5.32 Å². The number of nitrogens with zero attached hydrogens (tertiary/aromatic N) is 2. The van der Waals surface area contributed by atoms with E-state index in [9.17, 15) is 9.18 Å². The van der Waals surface area contributed by atoms with Gasteiger partial charge in [-0.1, -0.05) is 6.07 Å². The summed E-state index contributed by atoms with van der Waals surface area (Å²) in [7, 11) is 0. The molecule has 1 aromatic carbocycles. The summed E-state index contributed by atoms with van der Waals surface area (Å²) < 4.78 is 14.7. The summed E-state index contributed by atoms with van der Waals surface area (Å²) >= 11 is 1.68. The van der Waals surface area contributed by atoms with Crippen molar-refractivity contribution in [3.05, 3.63) is 69.4 Å². The van der Waals surface area contributed by atoms with Crippen LogP contribution in [-0.4, -0.2) is 22.2 Å². The number of rotatable bonds is 5. The topological polar surface area (TPSA) is 46.9 Å². The molecule has 0 aliphatic rings. The average molecular weight is 343 g/mol. The van der Waals surface area contributed by atoms with Crippen molar-refractivity contribution in [2.45, 2.75) is 20.3 Å². The van der Waals surface area contributed by atoms with Crippen LogP contribution >= 0.6 is 11.3 Å². The van der Waals surface area contributed by atoms with Crippen molar-refractivity contribution in [2.24, 2.45) is 0 Å². The molecule has 0 unspecified atom stereocenters. The van der Waals surface area contributed by atoms with E-state index in [1.165, 1.54) is 17.0 Å². The Morgan fingerprint density at radius 3 is 2.67 bits per heavy atom. The van der Waals surface area contributed by atoms with E-state index in [-0.39, 0.29) is 11.7 Å². The first kappa shape index (κ1) is 16.4. The number of benzene rings is 1. The average Bonchev–Trinajstić information content (AvgIpc) is 3.16.